The molecule has 8 nitrogen and oxygen atoms in total. The quantitative estimate of drug-likeness (QED) is 0.781. The van der Waals surface area contributed by atoms with E-state index in [9.17, 15) is 13.2 Å². The summed E-state index contributed by atoms with van der Waals surface area (Å²) >= 11 is 1.31. The molecule has 0 atom stereocenters. The van der Waals surface area contributed by atoms with E-state index in [1.54, 1.807) is 0 Å². The molecule has 130 valence electrons. The lowest BCUT2D eigenvalue weighted by Crippen LogP contribution is -2.25. The highest BCUT2D eigenvalue weighted by Gasteiger charge is 2.21. The average molecular weight is 370 g/mol. The Hall–Kier alpha value is -1.88. The number of rotatable bonds is 6. The van der Waals surface area contributed by atoms with Crippen molar-refractivity contribution in [3.63, 3.8) is 0 Å². The van der Waals surface area contributed by atoms with Gasteiger partial charge >= 0.3 is 0 Å². The van der Waals surface area contributed by atoms with Gasteiger partial charge in [0.25, 0.3) is 15.9 Å². The van der Waals surface area contributed by atoms with Crippen molar-refractivity contribution in [3.05, 3.63) is 34.8 Å². The highest BCUT2D eigenvalue weighted by molar-refractivity contribution is 7.89. The van der Waals surface area contributed by atoms with E-state index in [1.807, 2.05) is 13.8 Å². The fraction of sp³-hybridized carbons (Fsp3) is 0.357. The molecule has 1 aromatic carbocycles. The zero-order valence-electron chi connectivity index (χ0n) is 13.7. The van der Waals surface area contributed by atoms with E-state index in [0.29, 0.717) is 10.7 Å². The van der Waals surface area contributed by atoms with Crippen LogP contribution in [0.2, 0.25) is 0 Å². The number of hydrogen-bond acceptors (Lipinski definition) is 7. The molecule has 1 heterocycles. The van der Waals surface area contributed by atoms with Crippen LogP contribution in [-0.4, -0.2) is 43.1 Å². The molecular formula is C14H18N4O4S2. The van der Waals surface area contributed by atoms with Crippen molar-refractivity contribution in [3.8, 4) is 0 Å². The molecule has 1 amide bonds. The largest absolute Gasteiger partial charge is 0.296 e. The standard InChI is InChI=1S/C14H18N4O4S2/c1-9(2)13-16-17-14(23-13)15-12(19)10-5-7-11(8-6-10)24(20,21)18(3)22-4/h5-9H,1-4H3,(H,15,17,19). The number of hydrogen-bond donors (Lipinski definition) is 1. The number of aromatic nitrogens is 2. The Kier molecular flexibility index (Phi) is 5.65. The van der Waals surface area contributed by atoms with Crippen molar-refractivity contribution in [2.45, 2.75) is 24.7 Å². The second-order valence-electron chi connectivity index (χ2n) is 5.18. The molecule has 2 aromatic rings. The van der Waals surface area contributed by atoms with Gasteiger partial charge in [-0.3, -0.25) is 14.9 Å². The molecule has 0 bridgehead atoms. The van der Waals surface area contributed by atoms with Crippen LogP contribution >= 0.6 is 11.3 Å². The van der Waals surface area contributed by atoms with E-state index in [1.165, 1.54) is 49.8 Å². The molecule has 0 radical (unpaired) electrons. The van der Waals surface area contributed by atoms with Crippen LogP contribution in [0.1, 0.15) is 35.1 Å². The molecule has 0 aliphatic heterocycles. The first-order valence-electron chi connectivity index (χ1n) is 7.03. The van der Waals surface area contributed by atoms with Crippen molar-refractivity contribution >= 4 is 32.4 Å². The van der Waals surface area contributed by atoms with Crippen LogP contribution in [0.4, 0.5) is 5.13 Å². The fourth-order valence-corrected chi connectivity index (χ4v) is 3.43. The van der Waals surface area contributed by atoms with Gasteiger partial charge in [0, 0.05) is 18.5 Å². The number of amides is 1. The molecule has 1 aromatic heterocycles. The van der Waals surface area contributed by atoms with Gasteiger partial charge in [0.1, 0.15) is 5.01 Å². The van der Waals surface area contributed by atoms with Gasteiger partial charge in [-0.15, -0.1) is 10.2 Å². The Morgan fingerprint density at radius 1 is 1.25 bits per heavy atom. The summed E-state index contributed by atoms with van der Waals surface area (Å²) in [6, 6.07) is 5.55. The number of sulfonamides is 1. The lowest BCUT2D eigenvalue weighted by molar-refractivity contribution is -0.0258. The molecule has 10 heteroatoms. The second-order valence-corrected chi connectivity index (χ2v) is 8.12. The normalized spacial score (nSPS) is 11.9. The minimum absolute atomic E-state index is 0.0291. The molecule has 24 heavy (non-hydrogen) atoms. The van der Waals surface area contributed by atoms with Crippen LogP contribution in [0.5, 0.6) is 0 Å². The third kappa shape index (κ3) is 3.96. The zero-order chi connectivity index (χ0) is 17.9. The molecule has 0 aliphatic carbocycles. The van der Waals surface area contributed by atoms with Crippen molar-refractivity contribution in [1.82, 2.24) is 14.7 Å². The summed E-state index contributed by atoms with van der Waals surface area (Å²) in [7, 11) is -1.19. The smallest absolute Gasteiger partial charge is 0.264 e. The number of carbonyl (C=O) groups is 1. The first-order chi connectivity index (χ1) is 11.3. The van der Waals surface area contributed by atoms with E-state index >= 15 is 0 Å². The first kappa shape index (κ1) is 18.5. The second kappa shape index (κ2) is 7.34. The fourth-order valence-electron chi connectivity index (χ4n) is 1.71. The molecule has 0 saturated heterocycles. The van der Waals surface area contributed by atoms with Gasteiger partial charge in [0.05, 0.1) is 12.0 Å². The summed E-state index contributed by atoms with van der Waals surface area (Å²) in [5.74, 6) is -0.152. The van der Waals surface area contributed by atoms with Crippen molar-refractivity contribution in [1.29, 1.82) is 0 Å². The van der Waals surface area contributed by atoms with Crippen LogP contribution in [-0.2, 0) is 14.9 Å². The van der Waals surface area contributed by atoms with Crippen molar-refractivity contribution in [2.75, 3.05) is 19.5 Å². The van der Waals surface area contributed by atoms with E-state index in [2.05, 4.69) is 15.5 Å². The average Bonchev–Trinajstić information content (AvgIpc) is 3.02. The minimum Gasteiger partial charge on any atom is -0.296 e. The predicted octanol–water partition coefficient (Wildman–Crippen LogP) is 2.10. The molecule has 0 aliphatic rings. The number of benzene rings is 1. The highest BCUT2D eigenvalue weighted by atomic mass is 32.2. The molecule has 0 spiro atoms. The Balaban J connectivity index is 2.14. The lowest BCUT2D eigenvalue weighted by Gasteiger charge is -2.14. The highest BCUT2D eigenvalue weighted by Crippen LogP contribution is 2.23. The Labute approximate surface area is 144 Å². The molecule has 0 fully saturated rings. The van der Waals surface area contributed by atoms with Crippen LogP contribution < -0.4 is 5.32 Å². The molecule has 0 unspecified atom stereocenters. The molecule has 0 saturated carbocycles. The topological polar surface area (TPSA) is 101 Å². The SMILES string of the molecule is CON(C)S(=O)(=O)c1ccc(C(=O)Nc2nnc(C(C)C)s2)cc1. The maximum Gasteiger partial charge on any atom is 0.264 e. The van der Waals surface area contributed by atoms with Gasteiger partial charge in [-0.05, 0) is 24.3 Å². The number of hydroxylamine groups is 1. The van der Waals surface area contributed by atoms with Crippen LogP contribution in [0, 0.1) is 0 Å². The number of nitrogens with zero attached hydrogens (tertiary/aromatic N) is 3. The molecule has 2 rings (SSSR count). The number of anilines is 1. The van der Waals surface area contributed by atoms with Crippen LogP contribution in [0.3, 0.4) is 0 Å². The van der Waals surface area contributed by atoms with Gasteiger partial charge in [-0.1, -0.05) is 29.7 Å². The Morgan fingerprint density at radius 2 is 1.88 bits per heavy atom. The van der Waals surface area contributed by atoms with E-state index in [-0.39, 0.29) is 16.7 Å². The van der Waals surface area contributed by atoms with Gasteiger partial charge in [-0.2, -0.15) is 0 Å². The molecule has 1 N–H and O–H groups in total. The summed E-state index contributed by atoms with van der Waals surface area (Å²) in [4.78, 5) is 16.9. The van der Waals surface area contributed by atoms with E-state index < -0.39 is 10.0 Å². The summed E-state index contributed by atoms with van der Waals surface area (Å²) in [5, 5.41) is 11.8. The first-order valence-corrected chi connectivity index (χ1v) is 9.29. The summed E-state index contributed by atoms with van der Waals surface area (Å²) in [6.07, 6.45) is 0. The van der Waals surface area contributed by atoms with Crippen LogP contribution in [0.25, 0.3) is 0 Å². The summed E-state index contributed by atoms with van der Waals surface area (Å²) in [5.41, 5.74) is 0.315. The molecular weight excluding hydrogens is 352 g/mol. The number of nitrogens with one attached hydrogen (secondary N) is 1. The Morgan fingerprint density at radius 3 is 2.38 bits per heavy atom. The van der Waals surface area contributed by atoms with Crippen molar-refractivity contribution < 1.29 is 18.0 Å². The van der Waals surface area contributed by atoms with E-state index in [0.717, 1.165) is 9.48 Å². The third-order valence-corrected chi connectivity index (χ3v) is 6.00. The zero-order valence-corrected chi connectivity index (χ0v) is 15.3. The maximum absolute atomic E-state index is 12.2. The Bertz CT molecular complexity index is 816. The van der Waals surface area contributed by atoms with Crippen LogP contribution in [0.15, 0.2) is 29.2 Å². The van der Waals surface area contributed by atoms with E-state index in [4.69, 9.17) is 4.84 Å². The predicted molar refractivity (Wildman–Crippen MR) is 90.4 cm³/mol. The van der Waals surface area contributed by atoms with Gasteiger partial charge in [0.15, 0.2) is 0 Å². The van der Waals surface area contributed by atoms with Crippen molar-refractivity contribution in [2.24, 2.45) is 0 Å². The summed E-state index contributed by atoms with van der Waals surface area (Å²) < 4.78 is 24.9. The monoisotopic (exact) mass is 370 g/mol. The lowest BCUT2D eigenvalue weighted by atomic mass is 10.2. The minimum atomic E-state index is -3.74. The third-order valence-electron chi connectivity index (χ3n) is 3.16. The number of carbonyl (C=O) groups excluding carboxylic acids is 1. The summed E-state index contributed by atoms with van der Waals surface area (Å²) in [6.45, 7) is 3.98. The van der Waals surface area contributed by atoms with Gasteiger partial charge < -0.3 is 0 Å². The van der Waals surface area contributed by atoms with Gasteiger partial charge in [0.2, 0.25) is 5.13 Å². The van der Waals surface area contributed by atoms with Gasteiger partial charge in [-0.25, -0.2) is 8.42 Å². The maximum atomic E-state index is 12.2.